The molecule has 1 amide bonds. The third-order valence-corrected chi connectivity index (χ3v) is 3.34. The largest absolute Gasteiger partial charge is 0.497 e. The molecule has 24 heavy (non-hydrogen) atoms. The minimum Gasteiger partial charge on any atom is -0.497 e. The molecule has 2 N–H and O–H groups in total. The standard InChI is InChI=1S/C18H20N2O4/c1-3-24-18(22)12-17(21)20(13-7-5-4-6-8-13)16-11-14(23-2)9-10-15(16)19/h4-11H,3,12,19H2,1-2H3. The summed E-state index contributed by atoms with van der Waals surface area (Å²) in [4.78, 5) is 25.8. The maximum Gasteiger partial charge on any atom is 0.315 e. The molecule has 0 bridgehead atoms. The molecule has 0 spiro atoms. The number of hydrogen-bond acceptors (Lipinski definition) is 5. The summed E-state index contributed by atoms with van der Waals surface area (Å²) < 4.78 is 10.1. The molecule has 0 aliphatic rings. The van der Waals surface area contributed by atoms with Crippen molar-refractivity contribution < 1.29 is 19.1 Å². The number of carbonyl (C=O) groups is 2. The van der Waals surface area contributed by atoms with E-state index in [1.807, 2.05) is 6.07 Å². The van der Waals surface area contributed by atoms with Gasteiger partial charge in [-0.25, -0.2) is 0 Å². The number of anilines is 3. The monoisotopic (exact) mass is 328 g/mol. The molecular formula is C18H20N2O4. The van der Waals surface area contributed by atoms with Gasteiger partial charge < -0.3 is 15.2 Å². The number of hydrogen-bond donors (Lipinski definition) is 1. The first-order valence-corrected chi connectivity index (χ1v) is 7.54. The Labute approximate surface area is 140 Å². The van der Waals surface area contributed by atoms with Crippen molar-refractivity contribution >= 4 is 28.9 Å². The molecule has 0 fully saturated rings. The fourth-order valence-electron chi connectivity index (χ4n) is 2.25. The van der Waals surface area contributed by atoms with Crippen LogP contribution in [0.2, 0.25) is 0 Å². The van der Waals surface area contributed by atoms with E-state index in [0.717, 1.165) is 0 Å². The third-order valence-electron chi connectivity index (χ3n) is 3.34. The number of para-hydroxylation sites is 1. The fourth-order valence-corrected chi connectivity index (χ4v) is 2.25. The zero-order valence-electron chi connectivity index (χ0n) is 13.7. The van der Waals surface area contributed by atoms with Gasteiger partial charge in [0.15, 0.2) is 0 Å². The summed E-state index contributed by atoms with van der Waals surface area (Å²) in [7, 11) is 1.53. The van der Waals surface area contributed by atoms with Crippen LogP contribution in [0.25, 0.3) is 0 Å². The van der Waals surface area contributed by atoms with E-state index in [-0.39, 0.29) is 13.0 Å². The zero-order chi connectivity index (χ0) is 17.5. The molecule has 2 aromatic rings. The van der Waals surface area contributed by atoms with Gasteiger partial charge in [-0.05, 0) is 31.2 Å². The Morgan fingerprint density at radius 2 is 1.83 bits per heavy atom. The highest BCUT2D eigenvalue weighted by atomic mass is 16.5. The number of methoxy groups -OCH3 is 1. The van der Waals surface area contributed by atoms with Crippen molar-refractivity contribution in [2.75, 3.05) is 24.4 Å². The highest BCUT2D eigenvalue weighted by molar-refractivity contribution is 6.09. The maximum absolute atomic E-state index is 12.7. The van der Waals surface area contributed by atoms with Gasteiger partial charge in [-0.15, -0.1) is 0 Å². The molecule has 0 saturated heterocycles. The Kier molecular flexibility index (Phi) is 5.78. The number of esters is 1. The average Bonchev–Trinajstić information content (AvgIpc) is 2.58. The van der Waals surface area contributed by atoms with Crippen LogP contribution in [0.5, 0.6) is 5.75 Å². The molecule has 0 aliphatic heterocycles. The SMILES string of the molecule is CCOC(=O)CC(=O)N(c1ccccc1)c1cc(OC)ccc1N. The van der Waals surface area contributed by atoms with Crippen molar-refractivity contribution in [3.05, 3.63) is 48.5 Å². The topological polar surface area (TPSA) is 81.9 Å². The van der Waals surface area contributed by atoms with E-state index in [0.29, 0.717) is 22.8 Å². The Bertz CT molecular complexity index is 716. The van der Waals surface area contributed by atoms with Gasteiger partial charge in [-0.1, -0.05) is 18.2 Å². The van der Waals surface area contributed by atoms with Gasteiger partial charge in [-0.2, -0.15) is 0 Å². The van der Waals surface area contributed by atoms with E-state index in [2.05, 4.69) is 0 Å². The highest BCUT2D eigenvalue weighted by Crippen LogP contribution is 2.34. The highest BCUT2D eigenvalue weighted by Gasteiger charge is 2.23. The van der Waals surface area contributed by atoms with Crippen molar-refractivity contribution in [1.82, 2.24) is 0 Å². The van der Waals surface area contributed by atoms with Crippen LogP contribution in [0.15, 0.2) is 48.5 Å². The molecule has 6 heteroatoms. The molecule has 0 aromatic heterocycles. The van der Waals surface area contributed by atoms with Crippen molar-refractivity contribution in [2.24, 2.45) is 0 Å². The molecule has 0 heterocycles. The lowest BCUT2D eigenvalue weighted by Crippen LogP contribution is -2.29. The van der Waals surface area contributed by atoms with E-state index in [9.17, 15) is 9.59 Å². The van der Waals surface area contributed by atoms with Crippen LogP contribution in [0, 0.1) is 0 Å². The van der Waals surface area contributed by atoms with Gasteiger partial charge in [0.2, 0.25) is 5.91 Å². The van der Waals surface area contributed by atoms with E-state index in [1.54, 1.807) is 49.4 Å². The molecular weight excluding hydrogens is 308 g/mol. The van der Waals surface area contributed by atoms with Crippen molar-refractivity contribution in [3.8, 4) is 5.75 Å². The number of nitrogens with two attached hydrogens (primary N) is 1. The molecule has 2 aromatic carbocycles. The number of rotatable bonds is 6. The van der Waals surface area contributed by atoms with Gasteiger partial charge in [-0.3, -0.25) is 14.5 Å². The van der Waals surface area contributed by atoms with E-state index >= 15 is 0 Å². The molecule has 0 radical (unpaired) electrons. The molecule has 2 rings (SSSR count). The van der Waals surface area contributed by atoms with Crippen LogP contribution in [0.3, 0.4) is 0 Å². The number of nitrogens with zero attached hydrogens (tertiary/aromatic N) is 1. The van der Waals surface area contributed by atoms with Crippen LogP contribution in [0.1, 0.15) is 13.3 Å². The first-order valence-electron chi connectivity index (χ1n) is 7.54. The Morgan fingerprint density at radius 3 is 2.46 bits per heavy atom. The number of carbonyl (C=O) groups excluding carboxylic acids is 2. The Balaban J connectivity index is 2.44. The first kappa shape index (κ1) is 17.3. The quantitative estimate of drug-likeness (QED) is 0.501. The normalized spacial score (nSPS) is 10.1. The molecule has 0 atom stereocenters. The van der Waals surface area contributed by atoms with Crippen molar-refractivity contribution in [3.63, 3.8) is 0 Å². The van der Waals surface area contributed by atoms with Gasteiger partial charge in [0.05, 0.1) is 25.1 Å². The van der Waals surface area contributed by atoms with Crippen LogP contribution < -0.4 is 15.4 Å². The summed E-state index contributed by atoms with van der Waals surface area (Å²) in [6, 6.07) is 14.0. The van der Waals surface area contributed by atoms with Crippen LogP contribution in [-0.4, -0.2) is 25.6 Å². The van der Waals surface area contributed by atoms with Crippen molar-refractivity contribution in [1.29, 1.82) is 0 Å². The molecule has 6 nitrogen and oxygen atoms in total. The third kappa shape index (κ3) is 4.04. The van der Waals surface area contributed by atoms with Gasteiger partial charge >= 0.3 is 5.97 Å². The van der Waals surface area contributed by atoms with Crippen LogP contribution in [0.4, 0.5) is 17.1 Å². The summed E-state index contributed by atoms with van der Waals surface area (Å²) in [5.74, 6) is -0.450. The summed E-state index contributed by atoms with van der Waals surface area (Å²) >= 11 is 0. The second-order valence-electron chi connectivity index (χ2n) is 4.97. The summed E-state index contributed by atoms with van der Waals surface area (Å²) in [5, 5.41) is 0. The first-order chi connectivity index (χ1) is 11.6. The van der Waals surface area contributed by atoms with E-state index < -0.39 is 11.9 Å². The van der Waals surface area contributed by atoms with Gasteiger partial charge in [0, 0.05) is 11.8 Å². The minimum atomic E-state index is -0.579. The predicted molar refractivity (Wildman–Crippen MR) is 92.2 cm³/mol. The zero-order valence-corrected chi connectivity index (χ0v) is 13.7. The number of benzene rings is 2. The Morgan fingerprint density at radius 1 is 1.12 bits per heavy atom. The Hall–Kier alpha value is -3.02. The smallest absolute Gasteiger partial charge is 0.315 e. The molecule has 0 saturated carbocycles. The molecule has 126 valence electrons. The second-order valence-corrected chi connectivity index (χ2v) is 4.97. The summed E-state index contributed by atoms with van der Waals surface area (Å²) in [6.45, 7) is 1.91. The molecule has 0 aliphatic carbocycles. The number of nitrogen functional groups attached to an aromatic ring is 1. The fraction of sp³-hybridized carbons (Fsp3) is 0.222. The minimum absolute atomic E-state index is 0.221. The van der Waals surface area contributed by atoms with Gasteiger partial charge in [0.25, 0.3) is 0 Å². The number of ether oxygens (including phenoxy) is 2. The van der Waals surface area contributed by atoms with E-state index in [1.165, 1.54) is 12.0 Å². The van der Waals surface area contributed by atoms with Crippen LogP contribution in [-0.2, 0) is 14.3 Å². The second kappa shape index (κ2) is 8.01. The maximum atomic E-state index is 12.7. The lowest BCUT2D eigenvalue weighted by atomic mass is 10.2. The predicted octanol–water partition coefficient (Wildman–Crippen LogP) is 2.90. The lowest BCUT2D eigenvalue weighted by molar-refractivity contribution is -0.145. The van der Waals surface area contributed by atoms with Crippen LogP contribution >= 0.6 is 0 Å². The number of amides is 1. The molecule has 0 unspecified atom stereocenters. The summed E-state index contributed by atoms with van der Waals surface area (Å²) in [5.41, 5.74) is 7.50. The lowest BCUT2D eigenvalue weighted by Gasteiger charge is -2.24. The van der Waals surface area contributed by atoms with Crippen molar-refractivity contribution in [2.45, 2.75) is 13.3 Å². The summed E-state index contributed by atoms with van der Waals surface area (Å²) in [6.07, 6.45) is -0.376. The average molecular weight is 328 g/mol. The van der Waals surface area contributed by atoms with E-state index in [4.69, 9.17) is 15.2 Å². The van der Waals surface area contributed by atoms with Gasteiger partial charge in [0.1, 0.15) is 12.2 Å².